The van der Waals surface area contributed by atoms with E-state index in [1.807, 2.05) is 36.4 Å². The van der Waals surface area contributed by atoms with Gasteiger partial charge in [0.1, 0.15) is 19.3 Å². The molecule has 0 spiro atoms. The lowest BCUT2D eigenvalue weighted by Gasteiger charge is -2.39. The number of ether oxygens (including phenoxy) is 2. The van der Waals surface area contributed by atoms with Crippen molar-refractivity contribution < 1.29 is 29.0 Å². The molecule has 8 nitrogen and oxygen atoms in total. The SMILES string of the molecule is C[C@@H](NC(=O)OCC1c2ccccc2-c2ccccc21)C(=O)N1CC(OCC(=O)O)C1. The van der Waals surface area contributed by atoms with E-state index in [-0.39, 0.29) is 31.1 Å². The average Bonchev–Trinajstić information content (AvgIpc) is 3.04. The third-order valence-corrected chi connectivity index (χ3v) is 5.65. The number of nitrogens with zero attached hydrogens (tertiary/aromatic N) is 1. The average molecular weight is 424 g/mol. The van der Waals surface area contributed by atoms with E-state index in [9.17, 15) is 14.4 Å². The first-order valence-electron chi connectivity index (χ1n) is 10.2. The molecule has 2 aromatic carbocycles. The quantitative estimate of drug-likeness (QED) is 0.706. The summed E-state index contributed by atoms with van der Waals surface area (Å²) < 4.78 is 10.6. The van der Waals surface area contributed by atoms with E-state index < -0.39 is 18.1 Å². The molecule has 1 heterocycles. The van der Waals surface area contributed by atoms with Crippen LogP contribution in [-0.4, -0.2) is 66.4 Å². The van der Waals surface area contributed by atoms with Crippen molar-refractivity contribution >= 4 is 18.0 Å². The summed E-state index contributed by atoms with van der Waals surface area (Å²) >= 11 is 0. The summed E-state index contributed by atoms with van der Waals surface area (Å²) in [5.41, 5.74) is 4.53. The molecule has 8 heteroatoms. The summed E-state index contributed by atoms with van der Waals surface area (Å²) in [6, 6.07) is 15.4. The number of carbonyl (C=O) groups excluding carboxylic acids is 2. The predicted octanol–water partition coefficient (Wildman–Crippen LogP) is 2.23. The minimum absolute atomic E-state index is 0.0494. The highest BCUT2D eigenvalue weighted by Gasteiger charge is 2.35. The van der Waals surface area contributed by atoms with Crippen molar-refractivity contribution in [3.63, 3.8) is 0 Å². The van der Waals surface area contributed by atoms with Gasteiger partial charge in [-0.2, -0.15) is 0 Å². The minimum Gasteiger partial charge on any atom is -0.480 e. The molecule has 1 atom stereocenters. The summed E-state index contributed by atoms with van der Waals surface area (Å²) in [4.78, 5) is 36.8. The molecule has 2 aromatic rings. The molecule has 1 fully saturated rings. The number of nitrogens with one attached hydrogen (secondary N) is 1. The van der Waals surface area contributed by atoms with Crippen LogP contribution in [-0.2, 0) is 19.1 Å². The molecule has 1 saturated heterocycles. The smallest absolute Gasteiger partial charge is 0.407 e. The summed E-state index contributed by atoms with van der Waals surface area (Å²) in [6.07, 6.45) is -0.941. The molecule has 0 unspecified atom stereocenters. The van der Waals surface area contributed by atoms with E-state index in [1.165, 1.54) is 4.90 Å². The van der Waals surface area contributed by atoms with Crippen LogP contribution in [0, 0.1) is 0 Å². The Morgan fingerprint density at radius 1 is 1.06 bits per heavy atom. The van der Waals surface area contributed by atoms with Gasteiger partial charge in [-0.3, -0.25) is 4.79 Å². The number of carbonyl (C=O) groups is 3. The van der Waals surface area contributed by atoms with E-state index in [0.717, 1.165) is 22.3 Å². The summed E-state index contributed by atoms with van der Waals surface area (Å²) in [7, 11) is 0. The molecule has 0 bridgehead atoms. The fourth-order valence-corrected chi connectivity index (χ4v) is 4.07. The van der Waals surface area contributed by atoms with Crippen LogP contribution in [0.1, 0.15) is 24.0 Å². The molecule has 1 aliphatic heterocycles. The Bertz CT molecular complexity index is 956. The van der Waals surface area contributed by atoms with Crippen LogP contribution in [0.3, 0.4) is 0 Å². The molecule has 2 N–H and O–H groups in total. The van der Waals surface area contributed by atoms with Crippen molar-refractivity contribution in [2.24, 2.45) is 0 Å². The highest BCUT2D eigenvalue weighted by atomic mass is 16.5. The molecule has 31 heavy (non-hydrogen) atoms. The molecule has 0 radical (unpaired) electrons. The van der Waals surface area contributed by atoms with Crippen LogP contribution >= 0.6 is 0 Å². The number of alkyl carbamates (subject to hydrolysis) is 1. The van der Waals surface area contributed by atoms with Gasteiger partial charge < -0.3 is 24.8 Å². The molecule has 1 aliphatic carbocycles. The van der Waals surface area contributed by atoms with Crippen LogP contribution in [0.5, 0.6) is 0 Å². The van der Waals surface area contributed by atoms with Crippen molar-refractivity contribution in [3.8, 4) is 11.1 Å². The first-order chi connectivity index (χ1) is 14.9. The van der Waals surface area contributed by atoms with Gasteiger partial charge in [-0.1, -0.05) is 48.5 Å². The van der Waals surface area contributed by atoms with Gasteiger partial charge in [0.15, 0.2) is 0 Å². The van der Waals surface area contributed by atoms with E-state index >= 15 is 0 Å². The predicted molar refractivity (Wildman–Crippen MR) is 112 cm³/mol. The maximum absolute atomic E-state index is 12.4. The lowest BCUT2D eigenvalue weighted by molar-refractivity contribution is -0.155. The summed E-state index contributed by atoms with van der Waals surface area (Å²) in [5, 5.41) is 11.2. The van der Waals surface area contributed by atoms with E-state index in [0.29, 0.717) is 13.1 Å². The molecule has 162 valence electrons. The maximum atomic E-state index is 12.4. The molecular formula is C23H24N2O6. The van der Waals surface area contributed by atoms with Gasteiger partial charge in [-0.05, 0) is 29.2 Å². The normalized spacial score (nSPS) is 16.1. The van der Waals surface area contributed by atoms with Crippen molar-refractivity contribution in [3.05, 3.63) is 59.7 Å². The zero-order valence-electron chi connectivity index (χ0n) is 17.1. The Balaban J connectivity index is 1.28. The zero-order valence-corrected chi connectivity index (χ0v) is 17.1. The first kappa shape index (κ1) is 20.9. The Morgan fingerprint density at radius 2 is 1.65 bits per heavy atom. The number of hydrogen-bond acceptors (Lipinski definition) is 5. The van der Waals surface area contributed by atoms with Crippen LogP contribution in [0.2, 0.25) is 0 Å². The van der Waals surface area contributed by atoms with Crippen LogP contribution in [0.4, 0.5) is 4.79 Å². The molecule has 4 rings (SSSR count). The number of hydrogen-bond donors (Lipinski definition) is 2. The number of fused-ring (bicyclic) bond motifs is 3. The number of carboxylic acids is 1. The van der Waals surface area contributed by atoms with Gasteiger partial charge in [0.05, 0.1) is 6.10 Å². The van der Waals surface area contributed by atoms with Gasteiger partial charge in [-0.15, -0.1) is 0 Å². The second kappa shape index (κ2) is 8.77. The number of aliphatic carboxylic acids is 1. The fourth-order valence-electron chi connectivity index (χ4n) is 4.07. The van der Waals surface area contributed by atoms with Crippen LogP contribution in [0.25, 0.3) is 11.1 Å². The van der Waals surface area contributed by atoms with Crippen LogP contribution < -0.4 is 5.32 Å². The van der Waals surface area contributed by atoms with Gasteiger partial charge in [0.2, 0.25) is 5.91 Å². The Hall–Kier alpha value is -3.39. The number of carboxylic acid groups (broad SMARTS) is 1. The second-order valence-corrected chi connectivity index (χ2v) is 7.76. The van der Waals surface area contributed by atoms with E-state index in [4.69, 9.17) is 14.6 Å². The van der Waals surface area contributed by atoms with Crippen LogP contribution in [0.15, 0.2) is 48.5 Å². The van der Waals surface area contributed by atoms with Gasteiger partial charge in [-0.25, -0.2) is 9.59 Å². The standard InChI is InChI=1S/C23H24N2O6/c1-14(22(28)25-10-15(11-25)30-13-21(26)27)24-23(29)31-12-20-18-8-4-2-6-16(18)17-7-3-5-9-19(17)20/h2-9,14-15,20H,10-13H2,1H3,(H,24,29)(H,26,27)/t14-/m1/s1. The number of likely N-dealkylation sites (tertiary alicyclic amines) is 1. The highest BCUT2D eigenvalue weighted by Crippen LogP contribution is 2.44. The van der Waals surface area contributed by atoms with Gasteiger partial charge in [0, 0.05) is 19.0 Å². The van der Waals surface area contributed by atoms with Crippen molar-refractivity contribution in [1.29, 1.82) is 0 Å². The largest absolute Gasteiger partial charge is 0.480 e. The van der Waals surface area contributed by atoms with Crippen molar-refractivity contribution in [2.75, 3.05) is 26.3 Å². The third-order valence-electron chi connectivity index (χ3n) is 5.65. The van der Waals surface area contributed by atoms with Crippen molar-refractivity contribution in [1.82, 2.24) is 10.2 Å². The fraction of sp³-hybridized carbons (Fsp3) is 0.348. The van der Waals surface area contributed by atoms with E-state index in [2.05, 4.69) is 17.4 Å². The molecule has 0 aromatic heterocycles. The monoisotopic (exact) mass is 424 g/mol. The molecule has 2 amide bonds. The summed E-state index contributed by atoms with van der Waals surface area (Å²) in [5.74, 6) is -1.36. The van der Waals surface area contributed by atoms with Gasteiger partial charge in [0.25, 0.3) is 0 Å². The lowest BCUT2D eigenvalue weighted by atomic mass is 9.98. The van der Waals surface area contributed by atoms with Gasteiger partial charge >= 0.3 is 12.1 Å². The highest BCUT2D eigenvalue weighted by molar-refractivity contribution is 5.86. The Kier molecular flexibility index (Phi) is 5.90. The Morgan fingerprint density at radius 3 is 2.23 bits per heavy atom. The lowest BCUT2D eigenvalue weighted by Crippen LogP contribution is -2.59. The minimum atomic E-state index is -1.05. The first-order valence-corrected chi connectivity index (χ1v) is 10.2. The maximum Gasteiger partial charge on any atom is 0.407 e. The number of benzene rings is 2. The van der Waals surface area contributed by atoms with Crippen molar-refractivity contribution in [2.45, 2.75) is 25.0 Å². The van der Waals surface area contributed by atoms with E-state index in [1.54, 1.807) is 6.92 Å². The second-order valence-electron chi connectivity index (χ2n) is 7.76. The number of amides is 2. The number of rotatable bonds is 7. The molecule has 0 saturated carbocycles. The molecular weight excluding hydrogens is 400 g/mol. The third kappa shape index (κ3) is 4.39. The topological polar surface area (TPSA) is 105 Å². The molecule has 2 aliphatic rings. The Labute approximate surface area is 179 Å². The zero-order chi connectivity index (χ0) is 22.0. The summed E-state index contributed by atoms with van der Waals surface area (Å²) in [6.45, 7) is 2.00.